The maximum atomic E-state index is 12.9. The molecule has 1 aromatic carbocycles. The van der Waals surface area contributed by atoms with Crippen molar-refractivity contribution in [3.8, 4) is 6.07 Å². The largest absolute Gasteiger partial charge is 0.325 e. The second-order valence-corrected chi connectivity index (χ2v) is 8.24. The van der Waals surface area contributed by atoms with E-state index < -0.39 is 0 Å². The van der Waals surface area contributed by atoms with E-state index in [0.717, 1.165) is 10.4 Å². The Hall–Kier alpha value is -2.89. The molecule has 2 heterocycles. The Labute approximate surface area is 170 Å². The third-order valence-corrected chi connectivity index (χ3v) is 6.25. The predicted octanol–water partition coefficient (Wildman–Crippen LogP) is 3.86. The average Bonchev–Trinajstić information content (AvgIpc) is 2.96. The SMILES string of the molecule is C=CCn1c(SCC(=O)Nc2cccc(C#N)c2)nc2sc(C)c(C)c2c1=O. The highest BCUT2D eigenvalue weighted by atomic mass is 32.2. The monoisotopic (exact) mass is 410 g/mol. The smallest absolute Gasteiger partial charge is 0.263 e. The summed E-state index contributed by atoms with van der Waals surface area (Å²) in [5.41, 5.74) is 1.86. The number of aryl methyl sites for hydroxylation is 2. The van der Waals surface area contributed by atoms with Gasteiger partial charge in [0.05, 0.1) is 22.8 Å². The molecule has 1 N–H and O–H groups in total. The lowest BCUT2D eigenvalue weighted by Gasteiger charge is -2.10. The summed E-state index contributed by atoms with van der Waals surface area (Å²) in [5, 5.41) is 12.8. The van der Waals surface area contributed by atoms with Crippen LogP contribution in [0.1, 0.15) is 16.0 Å². The molecule has 142 valence electrons. The third-order valence-electron chi connectivity index (χ3n) is 4.17. The molecule has 3 aromatic rings. The van der Waals surface area contributed by atoms with Gasteiger partial charge < -0.3 is 5.32 Å². The van der Waals surface area contributed by atoms with Crippen molar-refractivity contribution in [2.24, 2.45) is 0 Å². The fourth-order valence-corrected chi connectivity index (χ4v) is 4.58. The van der Waals surface area contributed by atoms with E-state index in [9.17, 15) is 9.59 Å². The van der Waals surface area contributed by atoms with Crippen molar-refractivity contribution < 1.29 is 4.79 Å². The van der Waals surface area contributed by atoms with Crippen molar-refractivity contribution in [1.29, 1.82) is 5.26 Å². The van der Waals surface area contributed by atoms with Crippen molar-refractivity contribution in [1.82, 2.24) is 9.55 Å². The molecule has 0 aliphatic rings. The Bertz CT molecular complexity index is 1170. The summed E-state index contributed by atoms with van der Waals surface area (Å²) >= 11 is 2.68. The molecule has 0 spiro atoms. The van der Waals surface area contributed by atoms with Crippen LogP contribution in [0.5, 0.6) is 0 Å². The van der Waals surface area contributed by atoms with Crippen LogP contribution >= 0.6 is 23.1 Å². The van der Waals surface area contributed by atoms with Crippen LogP contribution in [-0.2, 0) is 11.3 Å². The van der Waals surface area contributed by atoms with Gasteiger partial charge in [-0.15, -0.1) is 17.9 Å². The molecule has 2 aromatic heterocycles. The Kier molecular flexibility index (Phi) is 5.97. The van der Waals surface area contributed by atoms with Gasteiger partial charge in [-0.05, 0) is 37.6 Å². The highest BCUT2D eigenvalue weighted by molar-refractivity contribution is 7.99. The fraction of sp³-hybridized carbons (Fsp3) is 0.200. The van der Waals surface area contributed by atoms with Gasteiger partial charge in [0, 0.05) is 17.1 Å². The number of allylic oxidation sites excluding steroid dienone is 1. The standard InChI is InChI=1S/C20H18N4O2S2/c1-4-8-24-19(26)17-12(2)13(3)28-18(17)23-20(24)27-11-16(25)22-15-7-5-6-14(9-15)10-21/h4-7,9H,1,8,11H2,2-3H3,(H,22,25). The summed E-state index contributed by atoms with van der Waals surface area (Å²) in [5.74, 6) is -0.145. The number of rotatable bonds is 6. The minimum atomic E-state index is -0.238. The second kappa shape index (κ2) is 8.42. The Morgan fingerprint density at radius 2 is 2.25 bits per heavy atom. The molecule has 0 bridgehead atoms. The summed E-state index contributed by atoms with van der Waals surface area (Å²) < 4.78 is 1.54. The van der Waals surface area contributed by atoms with Crippen LogP contribution in [0.15, 0.2) is 46.9 Å². The number of carbonyl (C=O) groups excluding carboxylic acids is 1. The number of nitrogens with one attached hydrogen (secondary N) is 1. The van der Waals surface area contributed by atoms with Crippen LogP contribution in [0.3, 0.4) is 0 Å². The van der Waals surface area contributed by atoms with Crippen molar-refractivity contribution >= 4 is 44.9 Å². The van der Waals surface area contributed by atoms with Crippen LogP contribution < -0.4 is 10.9 Å². The van der Waals surface area contributed by atoms with Gasteiger partial charge in [-0.3, -0.25) is 14.2 Å². The first-order valence-corrected chi connectivity index (χ1v) is 10.3. The highest BCUT2D eigenvalue weighted by Gasteiger charge is 2.17. The molecule has 0 saturated heterocycles. The van der Waals surface area contributed by atoms with E-state index in [1.807, 2.05) is 19.9 Å². The Morgan fingerprint density at radius 3 is 2.96 bits per heavy atom. The minimum Gasteiger partial charge on any atom is -0.325 e. The van der Waals surface area contributed by atoms with Gasteiger partial charge in [0.1, 0.15) is 4.83 Å². The van der Waals surface area contributed by atoms with Gasteiger partial charge in [0.2, 0.25) is 5.91 Å². The van der Waals surface area contributed by atoms with Gasteiger partial charge in [0.25, 0.3) is 5.56 Å². The first-order chi connectivity index (χ1) is 13.4. The predicted molar refractivity (Wildman–Crippen MR) is 114 cm³/mol. The molecule has 0 unspecified atom stereocenters. The van der Waals surface area contributed by atoms with Gasteiger partial charge in [-0.1, -0.05) is 23.9 Å². The number of thiophene rings is 1. The van der Waals surface area contributed by atoms with Crippen molar-refractivity contribution in [3.05, 3.63) is 63.3 Å². The van der Waals surface area contributed by atoms with E-state index >= 15 is 0 Å². The summed E-state index contributed by atoms with van der Waals surface area (Å²) in [6.07, 6.45) is 1.64. The number of fused-ring (bicyclic) bond motifs is 1. The number of nitrogens with zero attached hydrogens (tertiary/aromatic N) is 3. The number of amides is 1. The molecule has 0 radical (unpaired) electrons. The fourth-order valence-electron chi connectivity index (χ4n) is 2.70. The van der Waals surface area contributed by atoms with Crippen molar-refractivity contribution in [2.75, 3.05) is 11.1 Å². The Balaban J connectivity index is 1.84. The zero-order valence-electron chi connectivity index (χ0n) is 15.5. The molecule has 0 atom stereocenters. The summed E-state index contributed by atoms with van der Waals surface area (Å²) in [6, 6.07) is 8.74. The van der Waals surface area contributed by atoms with Crippen LogP contribution in [0.4, 0.5) is 5.69 Å². The molecule has 0 saturated carbocycles. The van der Waals surface area contributed by atoms with Gasteiger partial charge >= 0.3 is 0 Å². The number of thioether (sulfide) groups is 1. The number of carbonyl (C=O) groups is 1. The quantitative estimate of drug-likeness (QED) is 0.379. The first kappa shape index (κ1) is 19.9. The van der Waals surface area contributed by atoms with Crippen molar-refractivity contribution in [3.63, 3.8) is 0 Å². The lowest BCUT2D eigenvalue weighted by molar-refractivity contribution is -0.113. The minimum absolute atomic E-state index is 0.0925. The first-order valence-electron chi connectivity index (χ1n) is 8.48. The molecule has 0 aliphatic heterocycles. The van der Waals surface area contributed by atoms with E-state index in [1.54, 1.807) is 34.9 Å². The normalized spacial score (nSPS) is 10.6. The van der Waals surface area contributed by atoms with E-state index in [-0.39, 0.29) is 17.2 Å². The summed E-state index contributed by atoms with van der Waals surface area (Å²) in [6.45, 7) is 7.93. The molecule has 1 amide bonds. The molecule has 8 heteroatoms. The topological polar surface area (TPSA) is 87.8 Å². The lowest BCUT2D eigenvalue weighted by atomic mass is 10.2. The maximum absolute atomic E-state index is 12.9. The maximum Gasteiger partial charge on any atom is 0.263 e. The zero-order valence-corrected chi connectivity index (χ0v) is 17.1. The van der Waals surface area contributed by atoms with Crippen LogP contribution in [-0.4, -0.2) is 21.2 Å². The summed E-state index contributed by atoms with van der Waals surface area (Å²) in [7, 11) is 0. The van der Waals surface area contributed by atoms with Gasteiger partial charge in [0.15, 0.2) is 5.16 Å². The molecular formula is C20H18N4O2S2. The lowest BCUT2D eigenvalue weighted by Crippen LogP contribution is -2.23. The molecule has 0 aliphatic carbocycles. The summed E-state index contributed by atoms with van der Waals surface area (Å²) in [4.78, 5) is 31.6. The molecular weight excluding hydrogens is 392 g/mol. The van der Waals surface area contributed by atoms with Gasteiger partial charge in [-0.25, -0.2) is 4.98 Å². The average molecular weight is 411 g/mol. The molecule has 6 nitrogen and oxygen atoms in total. The molecule has 28 heavy (non-hydrogen) atoms. The number of hydrogen-bond acceptors (Lipinski definition) is 6. The van der Waals surface area contributed by atoms with Gasteiger partial charge in [-0.2, -0.15) is 5.26 Å². The number of aromatic nitrogens is 2. The zero-order chi connectivity index (χ0) is 20.3. The van der Waals surface area contributed by atoms with E-state index in [4.69, 9.17) is 5.26 Å². The molecule has 0 fully saturated rings. The highest BCUT2D eigenvalue weighted by Crippen LogP contribution is 2.28. The van der Waals surface area contributed by atoms with Crippen LogP contribution in [0.25, 0.3) is 10.2 Å². The number of benzene rings is 1. The Morgan fingerprint density at radius 1 is 1.46 bits per heavy atom. The van der Waals surface area contributed by atoms with Crippen molar-refractivity contribution in [2.45, 2.75) is 25.5 Å². The van der Waals surface area contributed by atoms with E-state index in [2.05, 4.69) is 16.9 Å². The van der Waals surface area contributed by atoms with Crippen LogP contribution in [0, 0.1) is 25.2 Å². The number of anilines is 1. The van der Waals surface area contributed by atoms with Crippen LogP contribution in [0.2, 0.25) is 0 Å². The number of hydrogen-bond donors (Lipinski definition) is 1. The number of nitriles is 1. The third kappa shape index (κ3) is 4.01. The second-order valence-electron chi connectivity index (χ2n) is 6.09. The van der Waals surface area contributed by atoms with E-state index in [1.165, 1.54) is 23.1 Å². The molecule has 3 rings (SSSR count). The van der Waals surface area contributed by atoms with E-state index in [0.29, 0.717) is 33.2 Å².